The molecule has 1 aromatic carbocycles. The first-order valence-electron chi connectivity index (χ1n) is 8.95. The summed E-state index contributed by atoms with van der Waals surface area (Å²) >= 11 is 1.61. The highest BCUT2D eigenvalue weighted by atomic mass is 32.1. The van der Waals surface area contributed by atoms with E-state index in [4.69, 9.17) is 9.72 Å². The highest BCUT2D eigenvalue weighted by Gasteiger charge is 2.27. The number of carboxylic acids is 1. The summed E-state index contributed by atoms with van der Waals surface area (Å²) in [6, 6.07) is 7.99. The number of hydrogen-bond donors (Lipinski definition) is 1. The number of aryl methyl sites for hydroxylation is 1. The zero-order valence-corrected chi connectivity index (χ0v) is 16.1. The van der Waals surface area contributed by atoms with Crippen molar-refractivity contribution in [3.63, 3.8) is 0 Å². The van der Waals surface area contributed by atoms with Crippen LogP contribution >= 0.6 is 11.3 Å². The predicted molar refractivity (Wildman–Crippen MR) is 107 cm³/mol. The van der Waals surface area contributed by atoms with Crippen LogP contribution in [0.15, 0.2) is 29.6 Å². The molecule has 4 rings (SSSR count). The maximum atomic E-state index is 11.3. The molecule has 3 aromatic rings. The van der Waals surface area contributed by atoms with Gasteiger partial charge in [0.2, 0.25) is 0 Å². The van der Waals surface area contributed by atoms with E-state index in [1.54, 1.807) is 18.4 Å². The molecule has 1 N–H and O–H groups in total. The van der Waals surface area contributed by atoms with Gasteiger partial charge in [-0.25, -0.2) is 9.97 Å². The topological polar surface area (TPSA) is 75.6 Å². The Bertz CT molecular complexity index is 976. The van der Waals surface area contributed by atoms with Gasteiger partial charge in [-0.05, 0) is 37.5 Å². The Balaban J connectivity index is 1.76. The number of ether oxygens (including phenoxy) is 1. The van der Waals surface area contributed by atoms with E-state index in [-0.39, 0.29) is 5.92 Å². The second kappa shape index (κ2) is 7.15. The molecule has 1 aliphatic rings. The molecular formula is C20H21N3O3S. The number of anilines is 1. The summed E-state index contributed by atoms with van der Waals surface area (Å²) < 4.78 is 5.26. The molecule has 3 heterocycles. The van der Waals surface area contributed by atoms with Gasteiger partial charge in [0.15, 0.2) is 0 Å². The average Bonchev–Trinajstić information content (AvgIpc) is 3.11. The number of nitrogens with zero attached hydrogens (tertiary/aromatic N) is 3. The molecule has 27 heavy (non-hydrogen) atoms. The molecule has 1 aliphatic heterocycles. The number of hydrogen-bond acceptors (Lipinski definition) is 6. The van der Waals surface area contributed by atoms with Crippen LogP contribution in [0.1, 0.15) is 18.7 Å². The van der Waals surface area contributed by atoms with E-state index in [0.29, 0.717) is 25.9 Å². The summed E-state index contributed by atoms with van der Waals surface area (Å²) in [5, 5.41) is 12.4. The van der Waals surface area contributed by atoms with E-state index in [9.17, 15) is 9.90 Å². The van der Waals surface area contributed by atoms with Crippen molar-refractivity contribution in [3.05, 3.63) is 35.5 Å². The minimum atomic E-state index is -0.701. The molecule has 0 radical (unpaired) electrons. The number of thiophene rings is 1. The van der Waals surface area contributed by atoms with Crippen molar-refractivity contribution < 1.29 is 14.6 Å². The normalized spacial score (nSPS) is 15.3. The van der Waals surface area contributed by atoms with Gasteiger partial charge in [-0.3, -0.25) is 4.79 Å². The number of piperidine rings is 1. The van der Waals surface area contributed by atoms with E-state index in [2.05, 4.69) is 15.3 Å². The summed E-state index contributed by atoms with van der Waals surface area (Å²) in [4.78, 5) is 23.8. The molecule has 140 valence electrons. The first-order valence-corrected chi connectivity index (χ1v) is 9.83. The molecule has 6 nitrogen and oxygen atoms in total. The number of rotatable bonds is 4. The van der Waals surface area contributed by atoms with Crippen LogP contribution < -0.4 is 9.64 Å². The molecule has 1 saturated heterocycles. The smallest absolute Gasteiger partial charge is 0.306 e. The van der Waals surface area contributed by atoms with Crippen molar-refractivity contribution in [1.82, 2.24) is 9.97 Å². The Kier molecular flexibility index (Phi) is 4.70. The fraction of sp³-hybridized carbons (Fsp3) is 0.350. The number of carbonyl (C=O) groups is 1. The molecule has 0 amide bonds. The Morgan fingerprint density at radius 2 is 1.93 bits per heavy atom. The largest absolute Gasteiger partial charge is 0.497 e. The molecule has 0 bridgehead atoms. The second-order valence-electron chi connectivity index (χ2n) is 6.75. The van der Waals surface area contributed by atoms with Crippen LogP contribution in [0, 0.1) is 12.8 Å². The summed E-state index contributed by atoms with van der Waals surface area (Å²) in [5.41, 5.74) is 2.20. The first kappa shape index (κ1) is 17.7. The van der Waals surface area contributed by atoms with Gasteiger partial charge >= 0.3 is 5.97 Å². The zero-order valence-electron chi connectivity index (χ0n) is 15.3. The van der Waals surface area contributed by atoms with Gasteiger partial charge in [-0.2, -0.15) is 0 Å². The van der Waals surface area contributed by atoms with Crippen LogP contribution in [-0.4, -0.2) is 41.2 Å². The zero-order chi connectivity index (χ0) is 19.0. The summed E-state index contributed by atoms with van der Waals surface area (Å²) in [7, 11) is 1.66. The fourth-order valence-corrected chi connectivity index (χ4v) is 4.56. The summed E-state index contributed by atoms with van der Waals surface area (Å²) in [5.74, 6) is 1.51. The molecule has 0 saturated carbocycles. The number of aliphatic carboxylic acids is 1. The van der Waals surface area contributed by atoms with E-state index >= 15 is 0 Å². The summed E-state index contributed by atoms with van der Waals surface area (Å²) in [6.07, 6.45) is 1.28. The van der Waals surface area contributed by atoms with Crippen LogP contribution in [0.5, 0.6) is 5.75 Å². The molecule has 2 aromatic heterocycles. The molecule has 7 heteroatoms. The van der Waals surface area contributed by atoms with Gasteiger partial charge in [-0.1, -0.05) is 12.1 Å². The molecule has 0 aliphatic carbocycles. The Morgan fingerprint density at radius 3 is 2.56 bits per heavy atom. The van der Waals surface area contributed by atoms with Crippen LogP contribution in [0.4, 0.5) is 5.82 Å². The second-order valence-corrected chi connectivity index (χ2v) is 7.61. The highest BCUT2D eigenvalue weighted by molar-refractivity contribution is 7.17. The highest BCUT2D eigenvalue weighted by Crippen LogP contribution is 2.39. The van der Waals surface area contributed by atoms with Gasteiger partial charge in [-0.15, -0.1) is 11.3 Å². The van der Waals surface area contributed by atoms with Crippen molar-refractivity contribution in [2.75, 3.05) is 25.1 Å². The lowest BCUT2D eigenvalue weighted by Crippen LogP contribution is -2.37. The van der Waals surface area contributed by atoms with Crippen LogP contribution in [-0.2, 0) is 4.79 Å². The van der Waals surface area contributed by atoms with E-state index < -0.39 is 5.97 Å². The number of carboxylic acid groups (broad SMARTS) is 1. The van der Waals surface area contributed by atoms with Crippen molar-refractivity contribution in [2.45, 2.75) is 19.8 Å². The predicted octanol–water partition coefficient (Wildman–Crippen LogP) is 3.98. The molecule has 1 fully saturated rings. The maximum absolute atomic E-state index is 11.3. The monoisotopic (exact) mass is 383 g/mol. The Morgan fingerprint density at radius 1 is 1.22 bits per heavy atom. The lowest BCUT2D eigenvalue weighted by Gasteiger charge is -2.31. The van der Waals surface area contributed by atoms with Gasteiger partial charge < -0.3 is 14.7 Å². The quantitative estimate of drug-likeness (QED) is 0.735. The molecule has 0 atom stereocenters. The van der Waals surface area contributed by atoms with Crippen molar-refractivity contribution >= 4 is 33.3 Å². The molecule has 0 spiro atoms. The van der Waals surface area contributed by atoms with Crippen LogP contribution in [0.3, 0.4) is 0 Å². The molecule has 0 unspecified atom stereocenters. The first-order chi connectivity index (χ1) is 13.1. The van der Waals surface area contributed by atoms with E-state index in [0.717, 1.165) is 38.7 Å². The van der Waals surface area contributed by atoms with E-state index in [1.165, 1.54) is 0 Å². The number of aromatic nitrogens is 2. The van der Waals surface area contributed by atoms with E-state index in [1.807, 2.05) is 31.2 Å². The van der Waals surface area contributed by atoms with Gasteiger partial charge in [0.25, 0.3) is 0 Å². The van der Waals surface area contributed by atoms with Crippen molar-refractivity contribution in [1.29, 1.82) is 0 Å². The van der Waals surface area contributed by atoms with Crippen molar-refractivity contribution in [2.24, 2.45) is 5.92 Å². The van der Waals surface area contributed by atoms with Gasteiger partial charge in [0, 0.05) is 24.0 Å². The fourth-order valence-electron chi connectivity index (χ4n) is 3.58. The summed E-state index contributed by atoms with van der Waals surface area (Å²) in [6.45, 7) is 3.29. The van der Waals surface area contributed by atoms with Crippen LogP contribution in [0.2, 0.25) is 0 Å². The van der Waals surface area contributed by atoms with Gasteiger partial charge in [0.1, 0.15) is 22.2 Å². The number of methoxy groups -OCH3 is 1. The Labute approximate surface area is 161 Å². The maximum Gasteiger partial charge on any atom is 0.306 e. The third kappa shape index (κ3) is 3.35. The SMILES string of the molecule is COc1ccc(-c2csc3nc(C)nc(N4CCC(C(=O)O)CC4)c23)cc1. The third-order valence-corrected chi connectivity index (χ3v) is 5.94. The Hall–Kier alpha value is -2.67. The lowest BCUT2D eigenvalue weighted by molar-refractivity contribution is -0.142. The number of fused-ring (bicyclic) bond motifs is 1. The minimum Gasteiger partial charge on any atom is -0.497 e. The standard InChI is InChI=1S/C20H21N3O3S/c1-12-21-18(23-9-7-14(8-10-23)20(24)25)17-16(11-27-19(17)22-12)13-3-5-15(26-2)6-4-13/h3-6,11,14H,7-10H2,1-2H3,(H,24,25). The number of benzene rings is 1. The minimum absolute atomic E-state index is 0.261. The molecular weight excluding hydrogens is 362 g/mol. The third-order valence-electron chi connectivity index (χ3n) is 5.07. The van der Waals surface area contributed by atoms with Gasteiger partial charge in [0.05, 0.1) is 18.4 Å². The van der Waals surface area contributed by atoms with Crippen LogP contribution in [0.25, 0.3) is 21.3 Å². The van der Waals surface area contributed by atoms with Crippen molar-refractivity contribution in [3.8, 4) is 16.9 Å². The lowest BCUT2D eigenvalue weighted by atomic mass is 9.96. The average molecular weight is 383 g/mol.